The topological polar surface area (TPSA) is 53.7 Å². The molecule has 20 heavy (non-hydrogen) atoms. The summed E-state index contributed by atoms with van der Waals surface area (Å²) in [6.07, 6.45) is 4.12. The summed E-state index contributed by atoms with van der Waals surface area (Å²) < 4.78 is 5.09. The van der Waals surface area contributed by atoms with E-state index in [1.54, 1.807) is 24.7 Å². The molecule has 1 heterocycles. The molecule has 0 aliphatic carbocycles. The van der Waals surface area contributed by atoms with Crippen LogP contribution in [0, 0.1) is 0 Å². The van der Waals surface area contributed by atoms with Gasteiger partial charge in [-0.2, -0.15) is 0 Å². The van der Waals surface area contributed by atoms with Gasteiger partial charge in [-0.3, -0.25) is 4.90 Å². The summed E-state index contributed by atoms with van der Waals surface area (Å²) in [5.41, 5.74) is 2.38. The average molecular weight is 273 g/mol. The largest absolute Gasteiger partial charge is 0.478 e. The lowest BCUT2D eigenvalue weighted by atomic mass is 10.0. The fourth-order valence-electron chi connectivity index (χ4n) is 2.20. The van der Waals surface area contributed by atoms with E-state index in [4.69, 9.17) is 9.52 Å². The lowest BCUT2D eigenvalue weighted by Gasteiger charge is -2.24. The maximum absolute atomic E-state index is 11.2. The van der Waals surface area contributed by atoms with Gasteiger partial charge in [0.1, 0.15) is 0 Å². The van der Waals surface area contributed by atoms with Crippen molar-refractivity contribution in [3.63, 3.8) is 0 Å². The SMILES string of the molecule is CC(c1ccoc1)N(C)CCc1ccccc1C(=O)O. The second kappa shape index (κ2) is 6.39. The first-order valence-corrected chi connectivity index (χ1v) is 6.63. The van der Waals surface area contributed by atoms with Crippen molar-refractivity contribution >= 4 is 5.97 Å². The van der Waals surface area contributed by atoms with Crippen LogP contribution in [0.15, 0.2) is 47.3 Å². The van der Waals surface area contributed by atoms with Gasteiger partial charge in [0.2, 0.25) is 0 Å². The molecule has 4 heteroatoms. The molecule has 0 aliphatic heterocycles. The van der Waals surface area contributed by atoms with E-state index < -0.39 is 5.97 Å². The summed E-state index contributed by atoms with van der Waals surface area (Å²) in [7, 11) is 2.03. The van der Waals surface area contributed by atoms with Gasteiger partial charge in [0, 0.05) is 18.2 Å². The van der Waals surface area contributed by atoms with E-state index in [1.807, 2.05) is 25.2 Å². The first-order chi connectivity index (χ1) is 9.59. The first-order valence-electron chi connectivity index (χ1n) is 6.63. The van der Waals surface area contributed by atoms with Gasteiger partial charge in [-0.05, 0) is 38.1 Å². The minimum atomic E-state index is -0.869. The van der Waals surface area contributed by atoms with Crippen LogP contribution in [0.2, 0.25) is 0 Å². The van der Waals surface area contributed by atoms with Crippen LogP contribution in [0.1, 0.15) is 34.5 Å². The predicted octanol–water partition coefficient (Wildman–Crippen LogP) is 3.21. The third-order valence-electron chi connectivity index (χ3n) is 3.67. The van der Waals surface area contributed by atoms with Gasteiger partial charge in [-0.25, -0.2) is 4.79 Å². The zero-order valence-corrected chi connectivity index (χ0v) is 11.7. The number of aromatic carboxylic acids is 1. The quantitative estimate of drug-likeness (QED) is 0.878. The second-order valence-corrected chi connectivity index (χ2v) is 4.93. The maximum atomic E-state index is 11.2. The minimum absolute atomic E-state index is 0.241. The van der Waals surface area contributed by atoms with E-state index in [-0.39, 0.29) is 6.04 Å². The molecule has 0 fully saturated rings. The molecule has 1 aromatic heterocycles. The molecule has 1 aromatic carbocycles. The molecule has 106 valence electrons. The van der Waals surface area contributed by atoms with Gasteiger partial charge in [0.05, 0.1) is 18.1 Å². The maximum Gasteiger partial charge on any atom is 0.335 e. The van der Waals surface area contributed by atoms with Crippen LogP contribution >= 0.6 is 0 Å². The van der Waals surface area contributed by atoms with Gasteiger partial charge < -0.3 is 9.52 Å². The van der Waals surface area contributed by atoms with Crippen molar-refractivity contribution in [2.45, 2.75) is 19.4 Å². The van der Waals surface area contributed by atoms with Gasteiger partial charge in [-0.15, -0.1) is 0 Å². The lowest BCUT2D eigenvalue weighted by molar-refractivity contribution is 0.0695. The van der Waals surface area contributed by atoms with E-state index in [0.717, 1.165) is 17.7 Å². The number of furan rings is 1. The molecule has 0 spiro atoms. The Bertz CT molecular complexity index is 563. The normalized spacial score (nSPS) is 12.6. The van der Waals surface area contributed by atoms with Crippen LogP contribution in [-0.2, 0) is 6.42 Å². The van der Waals surface area contributed by atoms with E-state index in [9.17, 15) is 4.79 Å². The summed E-state index contributed by atoms with van der Waals surface area (Å²) >= 11 is 0. The van der Waals surface area contributed by atoms with Crippen molar-refractivity contribution in [3.05, 3.63) is 59.5 Å². The van der Waals surface area contributed by atoms with Crippen molar-refractivity contribution < 1.29 is 14.3 Å². The van der Waals surface area contributed by atoms with Crippen molar-refractivity contribution in [2.75, 3.05) is 13.6 Å². The van der Waals surface area contributed by atoms with Gasteiger partial charge in [0.25, 0.3) is 0 Å². The molecule has 2 rings (SSSR count). The highest BCUT2D eigenvalue weighted by molar-refractivity contribution is 5.89. The molecule has 1 N–H and O–H groups in total. The molecule has 0 radical (unpaired) electrons. The Morgan fingerprint density at radius 3 is 2.75 bits per heavy atom. The number of carboxylic acid groups (broad SMARTS) is 1. The fourth-order valence-corrected chi connectivity index (χ4v) is 2.20. The number of carboxylic acids is 1. The number of hydrogen-bond acceptors (Lipinski definition) is 3. The third kappa shape index (κ3) is 3.27. The lowest BCUT2D eigenvalue weighted by Crippen LogP contribution is -2.25. The minimum Gasteiger partial charge on any atom is -0.478 e. The first kappa shape index (κ1) is 14.3. The summed E-state index contributed by atoms with van der Waals surface area (Å²) in [6, 6.07) is 9.35. The van der Waals surface area contributed by atoms with Gasteiger partial charge in [-0.1, -0.05) is 18.2 Å². The van der Waals surface area contributed by atoms with E-state index >= 15 is 0 Å². The van der Waals surface area contributed by atoms with Crippen LogP contribution < -0.4 is 0 Å². The average Bonchev–Trinajstić information content (AvgIpc) is 2.98. The molecule has 4 nitrogen and oxygen atoms in total. The van der Waals surface area contributed by atoms with E-state index in [1.165, 1.54) is 0 Å². The summed E-state index contributed by atoms with van der Waals surface area (Å²) in [5.74, 6) is -0.869. The molecule has 2 aromatic rings. The van der Waals surface area contributed by atoms with Crippen molar-refractivity contribution in [2.24, 2.45) is 0 Å². The highest BCUT2D eigenvalue weighted by atomic mass is 16.4. The van der Waals surface area contributed by atoms with Crippen LogP contribution in [-0.4, -0.2) is 29.6 Å². The van der Waals surface area contributed by atoms with Crippen LogP contribution in [0.5, 0.6) is 0 Å². The van der Waals surface area contributed by atoms with Gasteiger partial charge in [0.15, 0.2) is 0 Å². The summed E-state index contributed by atoms with van der Waals surface area (Å²) in [4.78, 5) is 13.3. The molecule has 0 saturated carbocycles. The monoisotopic (exact) mass is 273 g/mol. The third-order valence-corrected chi connectivity index (χ3v) is 3.67. The predicted molar refractivity (Wildman–Crippen MR) is 76.9 cm³/mol. The Labute approximate surface area is 118 Å². The molecule has 0 bridgehead atoms. The Balaban J connectivity index is 2.00. The Morgan fingerprint density at radius 1 is 1.35 bits per heavy atom. The standard InChI is InChI=1S/C16H19NO3/c1-12(14-8-10-20-11-14)17(2)9-7-13-5-3-4-6-15(13)16(18)19/h3-6,8,10-12H,7,9H2,1-2H3,(H,18,19). The number of nitrogens with zero attached hydrogens (tertiary/aromatic N) is 1. The van der Waals surface area contributed by atoms with Crippen LogP contribution in [0.25, 0.3) is 0 Å². The van der Waals surface area contributed by atoms with Gasteiger partial charge >= 0.3 is 5.97 Å². The molecular weight excluding hydrogens is 254 g/mol. The molecule has 1 unspecified atom stereocenters. The van der Waals surface area contributed by atoms with Crippen molar-refractivity contribution in [1.29, 1.82) is 0 Å². The number of benzene rings is 1. The number of carbonyl (C=O) groups is 1. The smallest absolute Gasteiger partial charge is 0.335 e. The molecule has 0 saturated heterocycles. The summed E-state index contributed by atoms with van der Waals surface area (Å²) in [5, 5.41) is 9.16. The van der Waals surface area contributed by atoms with E-state index in [0.29, 0.717) is 12.0 Å². The molecule has 0 aliphatic rings. The van der Waals surface area contributed by atoms with Crippen molar-refractivity contribution in [3.8, 4) is 0 Å². The summed E-state index contributed by atoms with van der Waals surface area (Å²) in [6.45, 7) is 2.89. The number of likely N-dealkylation sites (N-methyl/N-ethyl adjacent to an activating group) is 1. The molecule has 1 atom stereocenters. The van der Waals surface area contributed by atoms with Crippen molar-refractivity contribution in [1.82, 2.24) is 4.90 Å². The molecular formula is C16H19NO3. The highest BCUT2D eigenvalue weighted by Gasteiger charge is 2.14. The van der Waals surface area contributed by atoms with Crippen LogP contribution in [0.4, 0.5) is 0 Å². The highest BCUT2D eigenvalue weighted by Crippen LogP contribution is 2.19. The number of hydrogen-bond donors (Lipinski definition) is 1. The van der Waals surface area contributed by atoms with Crippen LogP contribution in [0.3, 0.4) is 0 Å². The molecule has 0 amide bonds. The Morgan fingerprint density at radius 2 is 2.10 bits per heavy atom. The Hall–Kier alpha value is -2.07. The zero-order valence-electron chi connectivity index (χ0n) is 11.7. The zero-order chi connectivity index (χ0) is 14.5. The van der Waals surface area contributed by atoms with E-state index in [2.05, 4.69) is 11.8 Å². The number of rotatable bonds is 6. The second-order valence-electron chi connectivity index (χ2n) is 4.93. The fraction of sp³-hybridized carbons (Fsp3) is 0.312. The Kier molecular flexibility index (Phi) is 4.58.